The van der Waals surface area contributed by atoms with Crippen LogP contribution in [-0.4, -0.2) is 31.5 Å². The zero-order valence-corrected chi connectivity index (χ0v) is 8.94. The second-order valence-electron chi connectivity index (χ2n) is 3.91. The van der Waals surface area contributed by atoms with E-state index in [1.165, 1.54) is 0 Å². The molecular formula is C10H18F3NO. The summed E-state index contributed by atoms with van der Waals surface area (Å²) < 4.78 is 40.9. The molecule has 90 valence electrons. The van der Waals surface area contributed by atoms with Crippen LogP contribution in [0.4, 0.5) is 13.2 Å². The van der Waals surface area contributed by atoms with Gasteiger partial charge in [0, 0.05) is 6.04 Å². The van der Waals surface area contributed by atoms with Gasteiger partial charge in [-0.05, 0) is 19.4 Å². The first kappa shape index (κ1) is 12.8. The van der Waals surface area contributed by atoms with Crippen molar-refractivity contribution in [3.05, 3.63) is 0 Å². The third-order valence-electron chi connectivity index (χ3n) is 2.63. The maximum atomic E-state index is 12.0. The van der Waals surface area contributed by atoms with E-state index in [2.05, 4.69) is 5.32 Å². The van der Waals surface area contributed by atoms with Gasteiger partial charge in [-0.1, -0.05) is 19.8 Å². The molecule has 0 spiro atoms. The van der Waals surface area contributed by atoms with E-state index in [1.807, 2.05) is 6.92 Å². The fourth-order valence-electron chi connectivity index (χ4n) is 1.99. The third-order valence-corrected chi connectivity index (χ3v) is 2.63. The van der Waals surface area contributed by atoms with E-state index in [1.54, 1.807) is 0 Å². The summed E-state index contributed by atoms with van der Waals surface area (Å²) in [6.07, 6.45) is -0.813. The van der Waals surface area contributed by atoms with Gasteiger partial charge in [-0.2, -0.15) is 13.2 Å². The van der Waals surface area contributed by atoms with Crippen molar-refractivity contribution in [2.75, 3.05) is 13.2 Å². The Labute approximate surface area is 88.2 Å². The van der Waals surface area contributed by atoms with Gasteiger partial charge in [0.05, 0.1) is 6.10 Å². The summed E-state index contributed by atoms with van der Waals surface area (Å²) in [6, 6.07) is 0.0890. The van der Waals surface area contributed by atoms with Crippen LogP contribution in [0, 0.1) is 0 Å². The highest BCUT2D eigenvalue weighted by atomic mass is 19.4. The van der Waals surface area contributed by atoms with Crippen LogP contribution >= 0.6 is 0 Å². The first-order valence-corrected chi connectivity index (χ1v) is 5.44. The molecule has 0 aromatic rings. The van der Waals surface area contributed by atoms with Gasteiger partial charge >= 0.3 is 6.18 Å². The number of halogens is 3. The summed E-state index contributed by atoms with van der Waals surface area (Å²) in [4.78, 5) is 0. The zero-order chi connectivity index (χ0) is 11.3. The normalized spacial score (nSPS) is 28.0. The van der Waals surface area contributed by atoms with Gasteiger partial charge in [0.2, 0.25) is 0 Å². The lowest BCUT2D eigenvalue weighted by molar-refractivity contribution is -0.190. The molecule has 0 aromatic heterocycles. The van der Waals surface area contributed by atoms with Crippen LogP contribution in [0.15, 0.2) is 0 Å². The Hall–Kier alpha value is -0.290. The monoisotopic (exact) mass is 225 g/mol. The molecule has 0 heterocycles. The standard InChI is InChI=1S/C10H18F3NO/c1-2-14-8-5-3-4-6-9(8)15-7-10(11,12)13/h8-9,14H,2-7H2,1H3. The molecule has 2 nitrogen and oxygen atoms in total. The van der Waals surface area contributed by atoms with Gasteiger partial charge in [-0.3, -0.25) is 0 Å². The lowest BCUT2D eigenvalue weighted by Crippen LogP contribution is -2.44. The van der Waals surface area contributed by atoms with E-state index < -0.39 is 12.8 Å². The molecular weight excluding hydrogens is 207 g/mol. The van der Waals surface area contributed by atoms with Crippen molar-refractivity contribution in [3.8, 4) is 0 Å². The number of nitrogens with one attached hydrogen (secondary N) is 1. The van der Waals surface area contributed by atoms with Gasteiger partial charge in [0.15, 0.2) is 0 Å². The predicted molar refractivity (Wildman–Crippen MR) is 51.7 cm³/mol. The molecule has 0 bridgehead atoms. The maximum Gasteiger partial charge on any atom is 0.411 e. The molecule has 1 aliphatic rings. The number of ether oxygens (including phenoxy) is 1. The largest absolute Gasteiger partial charge is 0.411 e. The molecule has 1 saturated carbocycles. The molecule has 0 aliphatic heterocycles. The maximum absolute atomic E-state index is 12.0. The average Bonchev–Trinajstić information content (AvgIpc) is 2.16. The van der Waals surface area contributed by atoms with Crippen molar-refractivity contribution in [1.82, 2.24) is 5.32 Å². The molecule has 2 unspecified atom stereocenters. The van der Waals surface area contributed by atoms with Gasteiger partial charge in [-0.15, -0.1) is 0 Å². The molecule has 1 N–H and O–H groups in total. The Bertz CT molecular complexity index is 182. The predicted octanol–water partition coefficient (Wildman–Crippen LogP) is 2.49. The van der Waals surface area contributed by atoms with Crippen LogP contribution in [0.5, 0.6) is 0 Å². The van der Waals surface area contributed by atoms with Crippen LogP contribution in [-0.2, 0) is 4.74 Å². The molecule has 2 atom stereocenters. The first-order valence-electron chi connectivity index (χ1n) is 5.44. The molecule has 15 heavy (non-hydrogen) atoms. The third kappa shape index (κ3) is 4.84. The number of alkyl halides is 3. The zero-order valence-electron chi connectivity index (χ0n) is 8.94. The fourth-order valence-corrected chi connectivity index (χ4v) is 1.99. The van der Waals surface area contributed by atoms with Gasteiger partial charge in [0.25, 0.3) is 0 Å². The lowest BCUT2D eigenvalue weighted by Gasteiger charge is -2.32. The SMILES string of the molecule is CCNC1CCCCC1OCC(F)(F)F. The van der Waals surface area contributed by atoms with Crippen molar-refractivity contribution < 1.29 is 17.9 Å². The second kappa shape index (κ2) is 5.70. The Morgan fingerprint density at radius 2 is 1.93 bits per heavy atom. The van der Waals surface area contributed by atoms with Gasteiger partial charge in [0.1, 0.15) is 6.61 Å². The number of hydrogen-bond donors (Lipinski definition) is 1. The van der Waals surface area contributed by atoms with E-state index in [9.17, 15) is 13.2 Å². The minimum absolute atomic E-state index is 0.0890. The molecule has 0 radical (unpaired) electrons. The summed E-state index contributed by atoms with van der Waals surface area (Å²) >= 11 is 0. The minimum atomic E-state index is -4.21. The Morgan fingerprint density at radius 1 is 1.27 bits per heavy atom. The van der Waals surface area contributed by atoms with Gasteiger partial charge < -0.3 is 10.1 Å². The number of hydrogen-bond acceptors (Lipinski definition) is 2. The first-order chi connectivity index (χ1) is 7.03. The van der Waals surface area contributed by atoms with Crippen molar-refractivity contribution in [3.63, 3.8) is 0 Å². The summed E-state index contributed by atoms with van der Waals surface area (Å²) in [6.45, 7) is 1.60. The highest BCUT2D eigenvalue weighted by Gasteiger charge is 2.32. The number of rotatable bonds is 4. The van der Waals surface area contributed by atoms with E-state index in [-0.39, 0.29) is 12.1 Å². The molecule has 1 fully saturated rings. The van der Waals surface area contributed by atoms with Crippen LogP contribution in [0.2, 0.25) is 0 Å². The summed E-state index contributed by atoms with van der Waals surface area (Å²) in [5.41, 5.74) is 0. The molecule has 0 aromatic carbocycles. The lowest BCUT2D eigenvalue weighted by atomic mass is 9.92. The van der Waals surface area contributed by atoms with Gasteiger partial charge in [-0.25, -0.2) is 0 Å². The Kier molecular flexibility index (Phi) is 4.86. The quantitative estimate of drug-likeness (QED) is 0.793. The van der Waals surface area contributed by atoms with Crippen molar-refractivity contribution in [1.29, 1.82) is 0 Å². The Morgan fingerprint density at radius 3 is 2.53 bits per heavy atom. The second-order valence-corrected chi connectivity index (χ2v) is 3.91. The minimum Gasteiger partial charge on any atom is -0.367 e. The topological polar surface area (TPSA) is 21.3 Å². The van der Waals surface area contributed by atoms with E-state index in [0.717, 1.165) is 32.2 Å². The van der Waals surface area contributed by atoms with Crippen molar-refractivity contribution >= 4 is 0 Å². The fraction of sp³-hybridized carbons (Fsp3) is 1.00. The number of likely N-dealkylation sites (N-methyl/N-ethyl adjacent to an activating group) is 1. The highest BCUT2D eigenvalue weighted by molar-refractivity contribution is 4.81. The van der Waals surface area contributed by atoms with E-state index in [0.29, 0.717) is 0 Å². The summed E-state index contributed by atoms with van der Waals surface area (Å²) in [5.74, 6) is 0. The molecule has 1 aliphatic carbocycles. The molecule has 0 amide bonds. The average molecular weight is 225 g/mol. The van der Waals surface area contributed by atoms with Crippen molar-refractivity contribution in [2.24, 2.45) is 0 Å². The van der Waals surface area contributed by atoms with E-state index in [4.69, 9.17) is 4.74 Å². The van der Waals surface area contributed by atoms with Crippen LogP contribution in [0.3, 0.4) is 0 Å². The van der Waals surface area contributed by atoms with Crippen LogP contribution < -0.4 is 5.32 Å². The summed E-state index contributed by atoms with van der Waals surface area (Å²) in [5, 5.41) is 3.18. The molecule has 5 heteroatoms. The highest BCUT2D eigenvalue weighted by Crippen LogP contribution is 2.24. The van der Waals surface area contributed by atoms with Crippen LogP contribution in [0.1, 0.15) is 32.6 Å². The smallest absolute Gasteiger partial charge is 0.367 e. The van der Waals surface area contributed by atoms with Crippen molar-refractivity contribution in [2.45, 2.75) is 50.9 Å². The molecule has 0 saturated heterocycles. The Balaban J connectivity index is 2.35. The molecule has 1 rings (SSSR count). The van der Waals surface area contributed by atoms with Crippen LogP contribution in [0.25, 0.3) is 0 Å². The summed E-state index contributed by atoms with van der Waals surface area (Å²) in [7, 11) is 0. The van der Waals surface area contributed by atoms with E-state index >= 15 is 0 Å².